The lowest BCUT2D eigenvalue weighted by Crippen LogP contribution is -1.92. The van der Waals surface area contributed by atoms with E-state index in [-0.39, 0.29) is 5.82 Å². The monoisotopic (exact) mass is 126 g/mol. The maximum Gasteiger partial charge on any atom is 0.356 e. The maximum atomic E-state index is 9.76. The number of allylic oxidation sites excluding steroid dienone is 1. The van der Waals surface area contributed by atoms with Gasteiger partial charge in [0.2, 0.25) is 0 Å². The van der Waals surface area contributed by atoms with Crippen LogP contribution in [0.4, 0.5) is 0 Å². The number of aliphatic imine (C=N–C) groups is 1. The molecule has 0 aliphatic carbocycles. The smallest absolute Gasteiger partial charge is 0.356 e. The van der Waals surface area contributed by atoms with Crippen molar-refractivity contribution in [1.29, 1.82) is 0 Å². The second-order valence-electron chi connectivity index (χ2n) is 1.19. The molecule has 9 heavy (non-hydrogen) atoms. The van der Waals surface area contributed by atoms with E-state index in [2.05, 4.69) is 18.2 Å². The number of rotatable bonds is 3. The topological polar surface area (TPSA) is 55.5 Å². The average molecular weight is 126 g/mol. The molecule has 0 fully saturated rings. The highest BCUT2D eigenvalue weighted by molar-refractivity contribution is 5.70. The molecule has 0 amide bonds. The highest BCUT2D eigenvalue weighted by Gasteiger charge is 1.97. The molecule has 0 bridgehead atoms. The molecule has 0 heterocycles. The molecule has 4 heteroatoms. The van der Waals surface area contributed by atoms with E-state index in [1.165, 1.54) is 12.3 Å². The quantitative estimate of drug-likeness (QED) is 0.321. The van der Waals surface area contributed by atoms with Gasteiger partial charge in [-0.05, 0) is 22.6 Å². The molecule has 0 unspecified atom stereocenters. The van der Waals surface area contributed by atoms with Crippen LogP contribution in [-0.2, 0) is 0 Å². The first-order valence-corrected chi connectivity index (χ1v) is 2.17. The van der Waals surface area contributed by atoms with Crippen LogP contribution in [0.1, 0.15) is 0 Å². The molecule has 0 atom stereocenters. The number of nitro groups is 1. The molecule has 0 saturated heterocycles. The Morgan fingerprint density at radius 3 is 2.67 bits per heavy atom. The molecular weight excluding hydrogens is 120 g/mol. The molecule has 0 aliphatic rings. The first-order valence-electron chi connectivity index (χ1n) is 2.17. The van der Waals surface area contributed by atoms with Crippen molar-refractivity contribution in [2.75, 3.05) is 0 Å². The van der Waals surface area contributed by atoms with Gasteiger partial charge in [0.1, 0.15) is 6.21 Å². The van der Waals surface area contributed by atoms with E-state index in [4.69, 9.17) is 0 Å². The van der Waals surface area contributed by atoms with Crippen LogP contribution in [0.15, 0.2) is 30.0 Å². The third kappa shape index (κ3) is 3.16. The van der Waals surface area contributed by atoms with Crippen molar-refractivity contribution in [3.05, 3.63) is 35.2 Å². The minimum Gasteiger partial charge on any atom is -0.358 e. The Balaban J connectivity index is 3.92. The molecule has 0 rings (SSSR count). The molecule has 0 aliphatic heterocycles. The number of nitrogens with zero attached hydrogens (tertiary/aromatic N) is 2. The number of hydrogen-bond acceptors (Lipinski definition) is 3. The van der Waals surface area contributed by atoms with Crippen LogP contribution in [0, 0.1) is 10.1 Å². The molecule has 0 N–H and O–H groups in total. The van der Waals surface area contributed by atoms with Gasteiger partial charge in [-0.1, -0.05) is 6.58 Å². The second kappa shape index (κ2) is 3.54. The van der Waals surface area contributed by atoms with Crippen molar-refractivity contribution < 1.29 is 4.92 Å². The van der Waals surface area contributed by atoms with Gasteiger partial charge in [0.05, 0.1) is 0 Å². The minimum atomic E-state index is -0.667. The van der Waals surface area contributed by atoms with Crippen molar-refractivity contribution in [3.8, 4) is 0 Å². The zero-order valence-corrected chi connectivity index (χ0v) is 4.78. The van der Waals surface area contributed by atoms with E-state index >= 15 is 0 Å². The molecule has 4 nitrogen and oxygen atoms in total. The fourth-order valence-electron chi connectivity index (χ4n) is 0.186. The summed E-state index contributed by atoms with van der Waals surface area (Å²) >= 11 is 0. The lowest BCUT2D eigenvalue weighted by molar-refractivity contribution is -0.425. The van der Waals surface area contributed by atoms with E-state index in [0.29, 0.717) is 0 Å². The first kappa shape index (κ1) is 7.55. The highest BCUT2D eigenvalue weighted by atomic mass is 16.6. The normalized spacial score (nSPS) is 9.33. The Morgan fingerprint density at radius 1 is 1.78 bits per heavy atom. The third-order valence-electron chi connectivity index (χ3n) is 0.540. The average Bonchev–Trinajstić information content (AvgIpc) is 1.82. The third-order valence-corrected chi connectivity index (χ3v) is 0.540. The lowest BCUT2D eigenvalue weighted by atomic mass is 10.7. The standard InChI is InChI=1S/C5H6N2O2/c1-3-4-6-5(2)7(8)9/h3-4H,1-2H2/b6-4-. The van der Waals surface area contributed by atoms with E-state index in [0.717, 1.165) is 0 Å². The van der Waals surface area contributed by atoms with Crippen LogP contribution in [0.5, 0.6) is 0 Å². The molecule has 0 saturated carbocycles. The van der Waals surface area contributed by atoms with Crippen LogP contribution >= 0.6 is 0 Å². The summed E-state index contributed by atoms with van der Waals surface area (Å²) < 4.78 is 0. The van der Waals surface area contributed by atoms with Gasteiger partial charge in [0, 0.05) is 0 Å². The number of hydrogen-bond donors (Lipinski definition) is 0. The molecule has 48 valence electrons. The summed E-state index contributed by atoms with van der Waals surface area (Å²) in [7, 11) is 0. The lowest BCUT2D eigenvalue weighted by Gasteiger charge is -1.85. The highest BCUT2D eigenvalue weighted by Crippen LogP contribution is 1.89. The molecule has 0 spiro atoms. The summed E-state index contributed by atoms with van der Waals surface area (Å²) in [6.45, 7) is 6.33. The van der Waals surface area contributed by atoms with Crippen molar-refractivity contribution in [2.45, 2.75) is 0 Å². The van der Waals surface area contributed by atoms with Crippen LogP contribution in [-0.4, -0.2) is 11.1 Å². The Hall–Kier alpha value is -1.45. The maximum absolute atomic E-state index is 9.76. The SMILES string of the molecule is C=C/C=N\C(=C)[N+](=O)[O-]. The second-order valence-corrected chi connectivity index (χ2v) is 1.19. The van der Waals surface area contributed by atoms with E-state index in [1.807, 2.05) is 0 Å². The molecule has 0 radical (unpaired) electrons. The minimum absolute atomic E-state index is 0.380. The summed E-state index contributed by atoms with van der Waals surface area (Å²) in [5, 5.41) is 9.76. The van der Waals surface area contributed by atoms with E-state index in [1.54, 1.807) is 0 Å². The van der Waals surface area contributed by atoms with Crippen LogP contribution in [0.25, 0.3) is 0 Å². The largest absolute Gasteiger partial charge is 0.358 e. The van der Waals surface area contributed by atoms with Crippen LogP contribution in [0.3, 0.4) is 0 Å². The fourth-order valence-corrected chi connectivity index (χ4v) is 0.186. The summed E-state index contributed by atoms with van der Waals surface area (Å²) in [5.41, 5.74) is 0. The summed E-state index contributed by atoms with van der Waals surface area (Å²) in [5.74, 6) is -0.380. The van der Waals surface area contributed by atoms with Gasteiger partial charge in [0.25, 0.3) is 0 Å². The fraction of sp³-hybridized carbons (Fsp3) is 0. The van der Waals surface area contributed by atoms with E-state index < -0.39 is 4.92 Å². The van der Waals surface area contributed by atoms with Gasteiger partial charge in [0.15, 0.2) is 0 Å². The Labute approximate surface area is 52.4 Å². The molecule has 0 aromatic carbocycles. The van der Waals surface area contributed by atoms with Gasteiger partial charge in [-0.25, -0.2) is 0 Å². The van der Waals surface area contributed by atoms with Gasteiger partial charge < -0.3 is 10.1 Å². The van der Waals surface area contributed by atoms with E-state index in [9.17, 15) is 10.1 Å². The Bertz CT molecular complexity index is 172. The summed E-state index contributed by atoms with van der Waals surface area (Å²) in [4.78, 5) is 12.4. The molecular formula is C5H6N2O2. The van der Waals surface area contributed by atoms with Crippen LogP contribution < -0.4 is 0 Å². The molecule has 0 aromatic rings. The van der Waals surface area contributed by atoms with Crippen molar-refractivity contribution in [3.63, 3.8) is 0 Å². The van der Waals surface area contributed by atoms with Gasteiger partial charge in [-0.3, -0.25) is 0 Å². The predicted octanol–water partition coefficient (Wildman–Crippen LogP) is 0.991. The summed E-state index contributed by atoms with van der Waals surface area (Å²) in [6.07, 6.45) is 2.56. The van der Waals surface area contributed by atoms with Crippen molar-refractivity contribution >= 4 is 6.21 Å². The van der Waals surface area contributed by atoms with Crippen LogP contribution in [0.2, 0.25) is 0 Å². The van der Waals surface area contributed by atoms with Crippen molar-refractivity contribution in [1.82, 2.24) is 0 Å². The first-order chi connectivity index (χ1) is 4.18. The molecule has 0 aromatic heterocycles. The van der Waals surface area contributed by atoms with Gasteiger partial charge in [-0.15, -0.1) is 0 Å². The predicted molar refractivity (Wildman–Crippen MR) is 34.8 cm³/mol. The zero-order valence-electron chi connectivity index (χ0n) is 4.78. The van der Waals surface area contributed by atoms with Gasteiger partial charge >= 0.3 is 5.82 Å². The van der Waals surface area contributed by atoms with Crippen molar-refractivity contribution in [2.24, 2.45) is 4.99 Å². The Kier molecular flexibility index (Phi) is 2.97. The zero-order chi connectivity index (χ0) is 7.28. The summed E-state index contributed by atoms with van der Waals surface area (Å²) in [6, 6.07) is 0. The van der Waals surface area contributed by atoms with Gasteiger partial charge in [-0.2, -0.15) is 0 Å². The Morgan fingerprint density at radius 2 is 2.33 bits per heavy atom.